The van der Waals surface area contributed by atoms with Gasteiger partial charge in [0.15, 0.2) is 5.84 Å². The summed E-state index contributed by atoms with van der Waals surface area (Å²) in [6, 6.07) is 41.6. The average Bonchev–Trinajstić information content (AvgIpc) is 3.83. The fourth-order valence-corrected chi connectivity index (χ4v) is 6.63. The van der Waals surface area contributed by atoms with Crippen LogP contribution in [0.4, 0.5) is 10.8 Å². The molecule has 0 amide bonds. The van der Waals surface area contributed by atoms with Crippen molar-refractivity contribution < 1.29 is 0 Å². The van der Waals surface area contributed by atoms with E-state index in [-0.39, 0.29) is 0 Å². The van der Waals surface area contributed by atoms with Crippen LogP contribution in [0, 0.1) is 0 Å². The Kier molecular flexibility index (Phi) is 7.71. The highest BCUT2D eigenvalue weighted by Crippen LogP contribution is 2.41. The molecule has 0 aliphatic rings. The van der Waals surface area contributed by atoms with Crippen molar-refractivity contribution in [3.63, 3.8) is 0 Å². The average molecular weight is 668 g/mol. The number of halogens is 2. The SMILES string of the molecule is Clc1ccc(N=NC(=Nc2nc(-c3c(-c4ccc(Cl)cc4)[nH]c4ccccc34)cs2)c2c(-c3ccccc3)[nH]c3ccccc23)cc1. The van der Waals surface area contributed by atoms with Crippen LogP contribution in [0.2, 0.25) is 10.0 Å². The Labute approximate surface area is 284 Å². The molecular weight excluding hydrogens is 643 g/mol. The first-order valence-electron chi connectivity index (χ1n) is 14.9. The molecule has 0 spiro atoms. The van der Waals surface area contributed by atoms with Crippen molar-refractivity contribution >= 4 is 73.0 Å². The van der Waals surface area contributed by atoms with E-state index in [2.05, 4.69) is 51.5 Å². The Morgan fingerprint density at radius 1 is 0.617 bits per heavy atom. The highest BCUT2D eigenvalue weighted by molar-refractivity contribution is 7.13. The van der Waals surface area contributed by atoms with Gasteiger partial charge in [0.1, 0.15) is 0 Å². The molecule has 0 saturated carbocycles. The molecule has 0 atom stereocenters. The van der Waals surface area contributed by atoms with Crippen molar-refractivity contribution in [2.24, 2.45) is 15.2 Å². The van der Waals surface area contributed by atoms with Gasteiger partial charge in [0, 0.05) is 42.8 Å². The predicted octanol–water partition coefficient (Wildman–Crippen LogP) is 12.3. The number of azo groups is 1. The Morgan fingerprint density at radius 3 is 1.96 bits per heavy atom. The number of para-hydroxylation sites is 2. The zero-order valence-corrected chi connectivity index (χ0v) is 27.0. The monoisotopic (exact) mass is 666 g/mol. The quantitative estimate of drug-likeness (QED) is 0.103. The fourth-order valence-electron chi connectivity index (χ4n) is 5.70. The molecule has 8 rings (SSSR count). The Morgan fingerprint density at radius 2 is 1.21 bits per heavy atom. The van der Waals surface area contributed by atoms with Crippen molar-refractivity contribution in [1.29, 1.82) is 0 Å². The van der Waals surface area contributed by atoms with Gasteiger partial charge in [-0.3, -0.25) is 0 Å². The number of amidine groups is 1. The van der Waals surface area contributed by atoms with E-state index in [1.807, 2.05) is 84.2 Å². The summed E-state index contributed by atoms with van der Waals surface area (Å²) in [4.78, 5) is 17.3. The molecule has 0 aliphatic heterocycles. The number of rotatable bonds is 6. The van der Waals surface area contributed by atoms with Crippen LogP contribution in [0.25, 0.3) is 55.6 Å². The van der Waals surface area contributed by atoms with E-state index >= 15 is 0 Å². The van der Waals surface area contributed by atoms with E-state index in [1.165, 1.54) is 11.3 Å². The molecule has 9 heteroatoms. The molecule has 0 bridgehead atoms. The van der Waals surface area contributed by atoms with Crippen LogP contribution in [0.3, 0.4) is 0 Å². The Bertz CT molecular complexity index is 2420. The summed E-state index contributed by atoms with van der Waals surface area (Å²) in [6.45, 7) is 0. The van der Waals surface area contributed by atoms with Gasteiger partial charge in [0.05, 0.1) is 28.3 Å². The first kappa shape index (κ1) is 29.1. The third kappa shape index (κ3) is 5.77. The number of aromatic amines is 2. The van der Waals surface area contributed by atoms with E-state index in [1.54, 1.807) is 12.1 Å². The Hall–Kier alpha value is -5.34. The summed E-state index contributed by atoms with van der Waals surface area (Å²) in [6.07, 6.45) is 0. The van der Waals surface area contributed by atoms with Gasteiger partial charge in [-0.25, -0.2) is 4.98 Å². The number of benzene rings is 5. The summed E-state index contributed by atoms with van der Waals surface area (Å²) in [5.74, 6) is 0.439. The zero-order chi connectivity index (χ0) is 31.7. The lowest BCUT2D eigenvalue weighted by molar-refractivity contribution is 1.25. The van der Waals surface area contributed by atoms with Gasteiger partial charge >= 0.3 is 0 Å². The van der Waals surface area contributed by atoms with Gasteiger partial charge in [-0.1, -0.05) is 102 Å². The minimum Gasteiger partial charge on any atom is -0.354 e. The highest BCUT2D eigenvalue weighted by Gasteiger charge is 2.21. The first-order chi connectivity index (χ1) is 23.1. The number of nitrogens with zero attached hydrogens (tertiary/aromatic N) is 4. The number of nitrogens with one attached hydrogen (secondary N) is 2. The van der Waals surface area contributed by atoms with Crippen LogP contribution in [0.5, 0.6) is 0 Å². The normalized spacial score (nSPS) is 12.1. The number of aromatic nitrogens is 3. The predicted molar refractivity (Wildman–Crippen MR) is 196 cm³/mol. The molecule has 8 aromatic rings. The van der Waals surface area contributed by atoms with Gasteiger partial charge in [-0.05, 0) is 59.7 Å². The van der Waals surface area contributed by atoms with Crippen molar-refractivity contribution in [2.75, 3.05) is 0 Å². The molecule has 0 aliphatic carbocycles. The summed E-state index contributed by atoms with van der Waals surface area (Å²) >= 11 is 13.8. The number of thiazole rings is 1. The number of fused-ring (bicyclic) bond motifs is 2. The molecular formula is C38H24Cl2N6S. The highest BCUT2D eigenvalue weighted by atomic mass is 35.5. The molecule has 0 unspecified atom stereocenters. The zero-order valence-electron chi connectivity index (χ0n) is 24.7. The maximum absolute atomic E-state index is 6.23. The van der Waals surface area contributed by atoms with Crippen LogP contribution in [-0.2, 0) is 0 Å². The van der Waals surface area contributed by atoms with Gasteiger partial charge < -0.3 is 9.97 Å². The van der Waals surface area contributed by atoms with Crippen LogP contribution in [0.1, 0.15) is 5.56 Å². The first-order valence-corrected chi connectivity index (χ1v) is 16.5. The second-order valence-electron chi connectivity index (χ2n) is 10.8. The van der Waals surface area contributed by atoms with Gasteiger partial charge in [0.2, 0.25) is 5.13 Å². The molecule has 5 aromatic carbocycles. The van der Waals surface area contributed by atoms with Crippen LogP contribution in [0.15, 0.2) is 148 Å². The van der Waals surface area contributed by atoms with Crippen LogP contribution in [-0.4, -0.2) is 20.8 Å². The maximum Gasteiger partial charge on any atom is 0.211 e. The van der Waals surface area contributed by atoms with E-state index in [0.29, 0.717) is 26.7 Å². The van der Waals surface area contributed by atoms with Gasteiger partial charge in [-0.2, -0.15) is 4.99 Å². The lowest BCUT2D eigenvalue weighted by atomic mass is 10.0. The second kappa shape index (κ2) is 12.5. The summed E-state index contributed by atoms with van der Waals surface area (Å²) in [5, 5.41) is 15.3. The summed E-state index contributed by atoms with van der Waals surface area (Å²) in [5.41, 5.74) is 9.21. The number of hydrogen-bond acceptors (Lipinski definition) is 4. The Balaban J connectivity index is 1.30. The van der Waals surface area contributed by atoms with Crippen LogP contribution < -0.4 is 0 Å². The van der Waals surface area contributed by atoms with Crippen molar-refractivity contribution in [1.82, 2.24) is 15.0 Å². The molecule has 3 aromatic heterocycles. The molecule has 0 radical (unpaired) electrons. The fraction of sp³-hybridized carbons (Fsp3) is 0. The van der Waals surface area contributed by atoms with Gasteiger partial charge in [0.25, 0.3) is 0 Å². The molecule has 6 nitrogen and oxygen atoms in total. The van der Waals surface area contributed by atoms with Crippen molar-refractivity contribution in [2.45, 2.75) is 0 Å². The minimum absolute atomic E-state index is 0.439. The molecule has 0 fully saturated rings. The van der Waals surface area contributed by atoms with E-state index in [9.17, 15) is 0 Å². The number of H-pyrrole nitrogens is 2. The third-order valence-corrected chi connectivity index (χ3v) is 9.11. The number of hydrogen-bond donors (Lipinski definition) is 2. The van der Waals surface area contributed by atoms with E-state index in [0.717, 1.165) is 61.1 Å². The van der Waals surface area contributed by atoms with Gasteiger partial charge in [-0.15, -0.1) is 21.6 Å². The van der Waals surface area contributed by atoms with E-state index < -0.39 is 0 Å². The molecule has 3 heterocycles. The molecule has 47 heavy (non-hydrogen) atoms. The summed E-state index contributed by atoms with van der Waals surface area (Å²) < 4.78 is 0. The van der Waals surface area contributed by atoms with Crippen molar-refractivity contribution in [3.05, 3.63) is 148 Å². The van der Waals surface area contributed by atoms with Crippen LogP contribution >= 0.6 is 34.5 Å². The van der Waals surface area contributed by atoms with E-state index in [4.69, 9.17) is 38.3 Å². The lowest BCUT2D eigenvalue weighted by Crippen LogP contribution is -1.98. The molecule has 0 saturated heterocycles. The molecule has 226 valence electrons. The second-order valence-corrected chi connectivity index (χ2v) is 12.6. The third-order valence-electron chi connectivity index (χ3n) is 7.87. The summed E-state index contributed by atoms with van der Waals surface area (Å²) in [7, 11) is 0. The smallest absolute Gasteiger partial charge is 0.211 e. The molecule has 2 N–H and O–H groups in total. The largest absolute Gasteiger partial charge is 0.354 e. The van der Waals surface area contributed by atoms with Crippen molar-refractivity contribution in [3.8, 4) is 33.8 Å². The maximum atomic E-state index is 6.23. The topological polar surface area (TPSA) is 81.5 Å². The number of aliphatic imine (C=N–C) groups is 1. The standard InChI is InChI=1S/C38H24Cl2N6S/c39-25-16-14-24(15-17-25)35-33(28-10-4-6-12-30(28)41-35)32-22-47-38(43-32)44-37(46-45-27-20-18-26(40)19-21-27)34-29-11-5-7-13-31(29)42-36(34)23-8-2-1-3-9-23/h1-22,41-42H. The lowest BCUT2D eigenvalue weighted by Gasteiger charge is -2.05. The minimum atomic E-state index is 0.439.